The summed E-state index contributed by atoms with van der Waals surface area (Å²) in [5.74, 6) is 0. The predicted octanol–water partition coefficient (Wildman–Crippen LogP) is 2.34. The molecule has 0 aliphatic rings. The van der Waals surface area contributed by atoms with Crippen molar-refractivity contribution in [2.24, 2.45) is 0 Å². The molecule has 0 aromatic carbocycles. The van der Waals surface area contributed by atoms with Crippen LogP contribution in [0.15, 0.2) is 12.2 Å². The number of hydrogen-bond acceptors (Lipinski definition) is 1. The molecule has 1 nitrogen and oxygen atoms in total. The summed E-state index contributed by atoms with van der Waals surface area (Å²) in [7, 11) is 0. The fraction of sp³-hybridized carbons (Fsp3) is 0.778. The van der Waals surface area contributed by atoms with Gasteiger partial charge < -0.3 is 5.32 Å². The third-order valence-corrected chi connectivity index (χ3v) is 1.68. The molecule has 10 heavy (non-hydrogen) atoms. The summed E-state index contributed by atoms with van der Waals surface area (Å²) in [5.41, 5.74) is 1.21. The van der Waals surface area contributed by atoms with Crippen molar-refractivity contribution in [3.8, 4) is 0 Å². The monoisotopic (exact) mass is 141 g/mol. The fourth-order valence-corrected chi connectivity index (χ4v) is 0.896. The van der Waals surface area contributed by atoms with Crippen LogP contribution in [-0.4, -0.2) is 12.6 Å². The zero-order valence-electron chi connectivity index (χ0n) is 7.41. The maximum Gasteiger partial charge on any atom is 0.0161 e. The summed E-state index contributed by atoms with van der Waals surface area (Å²) in [6, 6.07) is 0.677. The summed E-state index contributed by atoms with van der Waals surface area (Å²) in [6.07, 6.45) is 2.42. The number of rotatable bonds is 5. The summed E-state index contributed by atoms with van der Waals surface area (Å²) >= 11 is 0. The average Bonchev–Trinajstić information content (AvgIpc) is 1.90. The molecule has 1 N–H and O–H groups in total. The third-order valence-electron chi connectivity index (χ3n) is 1.68. The highest BCUT2D eigenvalue weighted by Gasteiger charge is 1.99. The Bertz CT molecular complexity index is 92.9. The summed E-state index contributed by atoms with van der Waals surface area (Å²) in [4.78, 5) is 0. The van der Waals surface area contributed by atoms with E-state index in [9.17, 15) is 0 Å². The molecule has 0 unspecified atom stereocenters. The lowest BCUT2D eigenvalue weighted by Crippen LogP contribution is -2.28. The minimum atomic E-state index is 0.677. The Morgan fingerprint density at radius 3 is 2.20 bits per heavy atom. The van der Waals surface area contributed by atoms with Crippen molar-refractivity contribution in [1.82, 2.24) is 5.32 Å². The predicted molar refractivity (Wildman–Crippen MR) is 47.2 cm³/mol. The minimum Gasteiger partial charge on any atom is -0.310 e. The molecule has 0 atom stereocenters. The van der Waals surface area contributed by atoms with Gasteiger partial charge >= 0.3 is 0 Å². The van der Waals surface area contributed by atoms with Gasteiger partial charge in [0.05, 0.1) is 0 Å². The summed E-state index contributed by atoms with van der Waals surface area (Å²) in [5, 5.41) is 3.42. The van der Waals surface area contributed by atoms with Crippen molar-refractivity contribution in [2.75, 3.05) is 6.54 Å². The Labute approximate surface area is 64.5 Å². The van der Waals surface area contributed by atoms with Gasteiger partial charge in [-0.15, -0.1) is 0 Å². The molecule has 0 fully saturated rings. The van der Waals surface area contributed by atoms with E-state index in [2.05, 4.69) is 32.7 Å². The zero-order valence-corrected chi connectivity index (χ0v) is 7.41. The second-order valence-electron chi connectivity index (χ2n) is 2.85. The Kier molecular flexibility index (Phi) is 5.32. The molecule has 0 aliphatic carbocycles. The van der Waals surface area contributed by atoms with Crippen molar-refractivity contribution in [3.05, 3.63) is 12.2 Å². The average molecular weight is 141 g/mol. The molecular formula is C9H19N. The van der Waals surface area contributed by atoms with Crippen molar-refractivity contribution in [2.45, 2.75) is 39.7 Å². The van der Waals surface area contributed by atoms with Crippen LogP contribution < -0.4 is 5.32 Å². The van der Waals surface area contributed by atoms with Gasteiger partial charge in [-0.1, -0.05) is 26.0 Å². The van der Waals surface area contributed by atoms with E-state index in [-0.39, 0.29) is 0 Å². The first kappa shape index (κ1) is 9.70. The third kappa shape index (κ3) is 4.57. The topological polar surface area (TPSA) is 12.0 Å². The molecule has 1 heteroatoms. The van der Waals surface area contributed by atoms with Crippen LogP contribution in [0.2, 0.25) is 0 Å². The van der Waals surface area contributed by atoms with Gasteiger partial charge in [0.1, 0.15) is 0 Å². The molecule has 0 spiro atoms. The van der Waals surface area contributed by atoms with Gasteiger partial charge in [-0.25, -0.2) is 0 Å². The molecule has 0 radical (unpaired) electrons. The first-order chi connectivity index (χ1) is 4.70. The fourth-order valence-electron chi connectivity index (χ4n) is 0.896. The largest absolute Gasteiger partial charge is 0.310 e. The van der Waals surface area contributed by atoms with Crippen molar-refractivity contribution in [3.63, 3.8) is 0 Å². The van der Waals surface area contributed by atoms with Crippen LogP contribution in [0.5, 0.6) is 0 Å². The van der Waals surface area contributed by atoms with E-state index in [1.807, 2.05) is 0 Å². The summed E-state index contributed by atoms with van der Waals surface area (Å²) in [6.45, 7) is 11.3. The lowest BCUT2D eigenvalue weighted by Gasteiger charge is -2.13. The van der Waals surface area contributed by atoms with Crippen molar-refractivity contribution < 1.29 is 0 Å². The van der Waals surface area contributed by atoms with Gasteiger partial charge in [0.15, 0.2) is 0 Å². The van der Waals surface area contributed by atoms with Crippen LogP contribution in [-0.2, 0) is 0 Å². The lowest BCUT2D eigenvalue weighted by atomic mass is 10.1. The molecule has 0 aromatic rings. The Morgan fingerprint density at radius 1 is 1.40 bits per heavy atom. The number of hydrogen-bond donors (Lipinski definition) is 1. The first-order valence-electron chi connectivity index (χ1n) is 4.08. The quantitative estimate of drug-likeness (QED) is 0.579. The maximum absolute atomic E-state index is 3.83. The van der Waals surface area contributed by atoms with Crippen LogP contribution in [0.4, 0.5) is 0 Å². The van der Waals surface area contributed by atoms with E-state index in [4.69, 9.17) is 0 Å². The van der Waals surface area contributed by atoms with E-state index < -0.39 is 0 Å². The maximum atomic E-state index is 3.83. The van der Waals surface area contributed by atoms with E-state index in [0.717, 1.165) is 6.54 Å². The van der Waals surface area contributed by atoms with Crippen molar-refractivity contribution >= 4 is 0 Å². The van der Waals surface area contributed by atoms with Crippen LogP contribution in [0.25, 0.3) is 0 Å². The molecule has 0 rings (SSSR count). The normalized spacial score (nSPS) is 10.4. The molecule has 60 valence electrons. The minimum absolute atomic E-state index is 0.677. The molecule has 0 saturated heterocycles. The molecule has 0 bridgehead atoms. The molecule has 0 heterocycles. The second kappa shape index (κ2) is 5.48. The van der Waals surface area contributed by atoms with Gasteiger partial charge in [-0.2, -0.15) is 0 Å². The second-order valence-corrected chi connectivity index (χ2v) is 2.85. The zero-order chi connectivity index (χ0) is 7.98. The molecule has 0 amide bonds. The molecule has 0 saturated carbocycles. The van der Waals surface area contributed by atoms with Crippen LogP contribution in [0.1, 0.15) is 33.6 Å². The highest BCUT2D eigenvalue weighted by Crippen LogP contribution is 1.96. The molecule has 0 aromatic heterocycles. The van der Waals surface area contributed by atoms with Crippen LogP contribution >= 0.6 is 0 Å². The van der Waals surface area contributed by atoms with E-state index in [1.54, 1.807) is 0 Å². The Hall–Kier alpha value is -0.300. The lowest BCUT2D eigenvalue weighted by molar-refractivity contribution is 0.505. The molecule has 0 aliphatic heterocycles. The highest BCUT2D eigenvalue weighted by atomic mass is 14.9. The first-order valence-corrected chi connectivity index (χ1v) is 4.08. The van der Waals surface area contributed by atoms with E-state index >= 15 is 0 Å². The molecular weight excluding hydrogens is 122 g/mol. The Balaban J connectivity index is 3.34. The van der Waals surface area contributed by atoms with Crippen LogP contribution in [0, 0.1) is 0 Å². The smallest absolute Gasteiger partial charge is 0.0161 e. The number of nitrogens with one attached hydrogen (secondary N) is 1. The van der Waals surface area contributed by atoms with Gasteiger partial charge in [0.25, 0.3) is 0 Å². The van der Waals surface area contributed by atoms with E-state index in [1.165, 1.54) is 18.4 Å². The van der Waals surface area contributed by atoms with E-state index in [0.29, 0.717) is 6.04 Å². The highest BCUT2D eigenvalue weighted by molar-refractivity contribution is 4.91. The van der Waals surface area contributed by atoms with Gasteiger partial charge in [0, 0.05) is 12.6 Å². The van der Waals surface area contributed by atoms with Crippen molar-refractivity contribution in [1.29, 1.82) is 0 Å². The van der Waals surface area contributed by atoms with Gasteiger partial charge in [0.2, 0.25) is 0 Å². The standard InChI is InChI=1S/C9H19N/c1-5-9(6-2)10-7-8(3)4/h9-10H,3,5-7H2,1-2,4H3. The summed E-state index contributed by atoms with van der Waals surface area (Å²) < 4.78 is 0. The SMILES string of the molecule is C=C(C)CNC(CC)CC. The Morgan fingerprint density at radius 2 is 1.90 bits per heavy atom. The van der Waals surface area contributed by atoms with Gasteiger partial charge in [-0.05, 0) is 19.8 Å². The van der Waals surface area contributed by atoms with Crippen LogP contribution in [0.3, 0.4) is 0 Å². The van der Waals surface area contributed by atoms with Gasteiger partial charge in [-0.3, -0.25) is 0 Å².